The maximum Gasteiger partial charge on any atom is 0.335 e. The summed E-state index contributed by atoms with van der Waals surface area (Å²) in [5.74, 6) is -2.51. The van der Waals surface area contributed by atoms with Crippen LogP contribution in [0, 0.1) is 0 Å². The van der Waals surface area contributed by atoms with Gasteiger partial charge in [0.15, 0.2) is 0 Å². The summed E-state index contributed by atoms with van der Waals surface area (Å²) in [6.07, 6.45) is 0. The van der Waals surface area contributed by atoms with Crippen LogP contribution in [-0.2, 0) is 9.59 Å². The molecule has 34 heavy (non-hydrogen) atoms. The Hall–Kier alpha value is -4.59. The molecule has 0 aromatic heterocycles. The highest BCUT2D eigenvalue weighted by atomic mass is 16.5. The number of nitrogens with zero attached hydrogens (tertiary/aromatic N) is 1. The van der Waals surface area contributed by atoms with E-state index in [-0.39, 0.29) is 22.6 Å². The van der Waals surface area contributed by atoms with Crippen LogP contribution in [0.15, 0.2) is 78.4 Å². The van der Waals surface area contributed by atoms with Gasteiger partial charge in [-0.3, -0.25) is 14.5 Å². The number of hydrogen-bond donors (Lipinski definition) is 2. The topological polar surface area (TPSA) is 113 Å². The van der Waals surface area contributed by atoms with Crippen molar-refractivity contribution in [1.82, 2.24) is 0 Å². The SMILES string of the molecule is COc1ccc([C@@H]2C(=C(O)c3ccccc3)C(=O)C(=O)N2c2cccc(C(=O)O)c2)c(OC)c1. The molecule has 0 saturated carbocycles. The van der Waals surface area contributed by atoms with Gasteiger partial charge in [0.05, 0.1) is 31.4 Å². The fourth-order valence-corrected chi connectivity index (χ4v) is 3.98. The van der Waals surface area contributed by atoms with Crippen LogP contribution in [0.4, 0.5) is 5.69 Å². The molecule has 2 N–H and O–H groups in total. The lowest BCUT2D eigenvalue weighted by atomic mass is 9.94. The van der Waals surface area contributed by atoms with E-state index in [0.29, 0.717) is 22.6 Å². The van der Waals surface area contributed by atoms with Gasteiger partial charge in [-0.25, -0.2) is 4.79 Å². The number of rotatable bonds is 6. The number of aliphatic hydroxyl groups excluding tert-OH is 1. The first kappa shape index (κ1) is 22.6. The van der Waals surface area contributed by atoms with E-state index in [0.717, 1.165) is 0 Å². The lowest BCUT2D eigenvalue weighted by molar-refractivity contribution is -0.132. The van der Waals surface area contributed by atoms with Crippen molar-refractivity contribution >= 4 is 29.1 Å². The molecule has 1 amide bonds. The predicted molar refractivity (Wildman–Crippen MR) is 124 cm³/mol. The van der Waals surface area contributed by atoms with Gasteiger partial charge in [-0.1, -0.05) is 36.4 Å². The van der Waals surface area contributed by atoms with Crippen molar-refractivity contribution in [3.63, 3.8) is 0 Å². The number of aromatic carboxylic acids is 1. The molecule has 3 aromatic carbocycles. The van der Waals surface area contributed by atoms with Gasteiger partial charge in [0.1, 0.15) is 17.3 Å². The number of methoxy groups -OCH3 is 2. The van der Waals surface area contributed by atoms with E-state index in [1.54, 1.807) is 48.5 Å². The Kier molecular flexibility index (Phi) is 6.05. The van der Waals surface area contributed by atoms with Crippen molar-refractivity contribution in [1.29, 1.82) is 0 Å². The number of amides is 1. The highest BCUT2D eigenvalue weighted by Gasteiger charge is 2.48. The second-order valence-electron chi connectivity index (χ2n) is 7.50. The molecule has 1 atom stereocenters. The maximum absolute atomic E-state index is 13.3. The van der Waals surface area contributed by atoms with E-state index in [4.69, 9.17) is 9.47 Å². The summed E-state index contributed by atoms with van der Waals surface area (Å²) in [4.78, 5) is 39.2. The van der Waals surface area contributed by atoms with E-state index in [1.807, 2.05) is 0 Å². The number of ketones is 1. The van der Waals surface area contributed by atoms with Gasteiger partial charge in [-0.05, 0) is 30.3 Å². The Morgan fingerprint density at radius 1 is 0.853 bits per heavy atom. The van der Waals surface area contributed by atoms with Crippen LogP contribution in [-0.4, -0.2) is 42.1 Å². The van der Waals surface area contributed by atoms with Crippen LogP contribution in [0.3, 0.4) is 0 Å². The summed E-state index contributed by atoms with van der Waals surface area (Å²) in [5, 5.41) is 20.6. The van der Waals surface area contributed by atoms with Gasteiger partial charge in [-0.15, -0.1) is 0 Å². The zero-order valence-corrected chi connectivity index (χ0v) is 18.4. The zero-order valence-electron chi connectivity index (χ0n) is 18.4. The monoisotopic (exact) mass is 459 g/mol. The minimum Gasteiger partial charge on any atom is -0.507 e. The third-order valence-corrected chi connectivity index (χ3v) is 5.60. The molecule has 0 spiro atoms. The first-order valence-electron chi connectivity index (χ1n) is 10.3. The average molecular weight is 459 g/mol. The van der Waals surface area contributed by atoms with Crippen LogP contribution in [0.2, 0.25) is 0 Å². The van der Waals surface area contributed by atoms with Crippen LogP contribution in [0.5, 0.6) is 11.5 Å². The first-order chi connectivity index (χ1) is 16.4. The van der Waals surface area contributed by atoms with E-state index < -0.39 is 23.7 Å². The Balaban J connectivity index is 2.00. The number of carbonyl (C=O) groups is 3. The summed E-state index contributed by atoms with van der Waals surface area (Å²) in [5.41, 5.74) is 0.776. The molecule has 0 aliphatic carbocycles. The lowest BCUT2D eigenvalue weighted by Crippen LogP contribution is -2.29. The number of carbonyl (C=O) groups excluding carboxylic acids is 2. The molecule has 8 nitrogen and oxygen atoms in total. The van der Waals surface area contributed by atoms with Crippen LogP contribution < -0.4 is 14.4 Å². The number of benzene rings is 3. The van der Waals surface area contributed by atoms with E-state index >= 15 is 0 Å². The van der Waals surface area contributed by atoms with E-state index in [2.05, 4.69) is 0 Å². The van der Waals surface area contributed by atoms with Crippen molar-refractivity contribution in [2.75, 3.05) is 19.1 Å². The molecular formula is C26H21NO7. The van der Waals surface area contributed by atoms with Crippen molar-refractivity contribution in [2.24, 2.45) is 0 Å². The maximum atomic E-state index is 13.3. The largest absolute Gasteiger partial charge is 0.507 e. The molecule has 1 aliphatic heterocycles. The fourth-order valence-electron chi connectivity index (χ4n) is 3.98. The normalized spacial score (nSPS) is 17.0. The molecule has 1 saturated heterocycles. The van der Waals surface area contributed by atoms with E-state index in [9.17, 15) is 24.6 Å². The number of hydrogen-bond acceptors (Lipinski definition) is 6. The van der Waals surface area contributed by atoms with Crippen molar-refractivity contribution in [2.45, 2.75) is 6.04 Å². The van der Waals surface area contributed by atoms with Crippen LogP contribution in [0.1, 0.15) is 27.5 Å². The molecule has 8 heteroatoms. The number of ether oxygens (including phenoxy) is 2. The second-order valence-corrected chi connectivity index (χ2v) is 7.50. The molecule has 0 radical (unpaired) electrons. The highest BCUT2D eigenvalue weighted by molar-refractivity contribution is 6.51. The quantitative estimate of drug-likeness (QED) is 0.325. The summed E-state index contributed by atoms with van der Waals surface area (Å²) in [6.45, 7) is 0. The van der Waals surface area contributed by atoms with Crippen molar-refractivity contribution < 1.29 is 34.1 Å². The van der Waals surface area contributed by atoms with E-state index in [1.165, 1.54) is 43.4 Å². The summed E-state index contributed by atoms with van der Waals surface area (Å²) >= 11 is 0. The van der Waals surface area contributed by atoms with Crippen LogP contribution in [0.25, 0.3) is 5.76 Å². The molecule has 1 fully saturated rings. The summed E-state index contributed by atoms with van der Waals surface area (Å²) < 4.78 is 10.8. The van der Waals surface area contributed by atoms with Crippen molar-refractivity contribution in [3.8, 4) is 11.5 Å². The predicted octanol–water partition coefficient (Wildman–Crippen LogP) is 4.03. The average Bonchev–Trinajstić information content (AvgIpc) is 3.13. The Morgan fingerprint density at radius 2 is 1.56 bits per heavy atom. The summed E-state index contributed by atoms with van der Waals surface area (Å²) in [6, 6.07) is 17.9. The third-order valence-electron chi connectivity index (χ3n) is 5.60. The molecule has 3 aromatic rings. The van der Waals surface area contributed by atoms with Gasteiger partial charge in [0.25, 0.3) is 11.7 Å². The number of carboxylic acids is 1. The van der Waals surface area contributed by atoms with Gasteiger partial charge < -0.3 is 19.7 Å². The highest BCUT2D eigenvalue weighted by Crippen LogP contribution is 2.45. The van der Waals surface area contributed by atoms with Crippen molar-refractivity contribution in [3.05, 3.63) is 95.1 Å². The summed E-state index contributed by atoms with van der Waals surface area (Å²) in [7, 11) is 2.93. The Morgan fingerprint density at radius 3 is 2.21 bits per heavy atom. The molecule has 1 heterocycles. The lowest BCUT2D eigenvalue weighted by Gasteiger charge is -2.27. The van der Waals surface area contributed by atoms with Gasteiger partial charge in [-0.2, -0.15) is 0 Å². The standard InChI is InChI=1S/C26H21NO7/c1-33-18-11-12-19(20(14-18)34-2)22-21(23(28)15-7-4-3-5-8-15)24(29)25(30)27(22)17-10-6-9-16(13-17)26(31)32/h3-14,22,28H,1-2H3,(H,31,32)/t22-/m1/s1. The first-order valence-corrected chi connectivity index (χ1v) is 10.3. The number of anilines is 1. The number of Topliss-reactive ketones (excluding diaryl/α,β-unsaturated/α-hetero) is 1. The minimum atomic E-state index is -1.18. The molecule has 0 unspecified atom stereocenters. The van der Waals surface area contributed by atoms with Crippen LogP contribution >= 0.6 is 0 Å². The smallest absolute Gasteiger partial charge is 0.335 e. The zero-order chi connectivity index (χ0) is 24.4. The van der Waals surface area contributed by atoms with Gasteiger partial charge in [0, 0.05) is 22.9 Å². The molecule has 172 valence electrons. The number of carboxylic acid groups (broad SMARTS) is 1. The Labute approximate surface area is 195 Å². The second kappa shape index (κ2) is 9.11. The molecule has 0 bridgehead atoms. The molecular weight excluding hydrogens is 438 g/mol. The third kappa shape index (κ3) is 3.86. The minimum absolute atomic E-state index is 0.0529. The fraction of sp³-hybridized carbons (Fsp3) is 0.115. The van der Waals surface area contributed by atoms with Gasteiger partial charge >= 0.3 is 5.97 Å². The molecule has 4 rings (SSSR count). The van der Waals surface area contributed by atoms with Gasteiger partial charge in [0.2, 0.25) is 0 Å². The number of aliphatic hydroxyl groups is 1. The molecule has 1 aliphatic rings. The Bertz CT molecular complexity index is 1310.